The van der Waals surface area contributed by atoms with E-state index in [0.717, 1.165) is 5.56 Å². The van der Waals surface area contributed by atoms with E-state index < -0.39 is 5.97 Å². The van der Waals surface area contributed by atoms with E-state index in [2.05, 4.69) is 4.98 Å². The molecular weight excluding hydrogens is 208 g/mol. The lowest BCUT2D eigenvalue weighted by molar-refractivity contribution is -0.137. The molecule has 0 saturated carbocycles. The van der Waals surface area contributed by atoms with Crippen molar-refractivity contribution in [2.24, 2.45) is 0 Å². The molecule has 0 saturated heterocycles. The van der Waals surface area contributed by atoms with Gasteiger partial charge in [-0.25, -0.2) is 0 Å². The molecule has 0 fully saturated rings. The number of hydrogen-bond donors (Lipinski definition) is 1. The fraction of sp³-hybridized carbons (Fsp3) is 0.364. The molecule has 1 amide bonds. The van der Waals surface area contributed by atoms with Gasteiger partial charge < -0.3 is 10.0 Å². The minimum Gasteiger partial charge on any atom is -0.481 e. The molecule has 5 heteroatoms. The quantitative estimate of drug-likeness (QED) is 0.822. The molecule has 0 aliphatic carbocycles. The van der Waals surface area contributed by atoms with Crippen molar-refractivity contribution in [2.75, 3.05) is 13.6 Å². The van der Waals surface area contributed by atoms with E-state index in [1.165, 1.54) is 11.1 Å². The van der Waals surface area contributed by atoms with Gasteiger partial charge in [0.2, 0.25) is 0 Å². The maximum atomic E-state index is 11.8. The Balaban J connectivity index is 2.67. The van der Waals surface area contributed by atoms with Crippen molar-refractivity contribution in [1.82, 2.24) is 9.88 Å². The first-order valence-electron chi connectivity index (χ1n) is 4.89. The Morgan fingerprint density at radius 2 is 2.12 bits per heavy atom. The Kier molecular flexibility index (Phi) is 3.99. The molecule has 86 valence electrons. The summed E-state index contributed by atoms with van der Waals surface area (Å²) in [7, 11) is 1.58. The van der Waals surface area contributed by atoms with Gasteiger partial charge in [-0.1, -0.05) is 0 Å². The lowest BCUT2D eigenvalue weighted by Gasteiger charge is -2.15. The average molecular weight is 222 g/mol. The highest BCUT2D eigenvalue weighted by molar-refractivity contribution is 5.94. The lowest BCUT2D eigenvalue weighted by atomic mass is 10.2. The number of aliphatic carboxylic acids is 1. The average Bonchev–Trinajstić information content (AvgIpc) is 2.24. The van der Waals surface area contributed by atoms with Gasteiger partial charge in [0.05, 0.1) is 12.0 Å². The Morgan fingerprint density at radius 1 is 1.44 bits per heavy atom. The van der Waals surface area contributed by atoms with Gasteiger partial charge in [-0.05, 0) is 18.6 Å². The van der Waals surface area contributed by atoms with Crippen LogP contribution in [0.3, 0.4) is 0 Å². The first kappa shape index (κ1) is 12.2. The second-order valence-corrected chi connectivity index (χ2v) is 3.62. The minimum absolute atomic E-state index is 0.0541. The van der Waals surface area contributed by atoms with Crippen LogP contribution >= 0.6 is 0 Å². The summed E-state index contributed by atoms with van der Waals surface area (Å²) in [5, 5.41) is 8.51. The molecule has 0 bridgehead atoms. The second-order valence-electron chi connectivity index (χ2n) is 3.62. The third kappa shape index (κ3) is 3.34. The lowest BCUT2D eigenvalue weighted by Crippen LogP contribution is -2.29. The van der Waals surface area contributed by atoms with E-state index in [-0.39, 0.29) is 18.9 Å². The molecule has 5 nitrogen and oxygen atoms in total. The van der Waals surface area contributed by atoms with Crippen LogP contribution in [-0.4, -0.2) is 40.5 Å². The van der Waals surface area contributed by atoms with Gasteiger partial charge in [0, 0.05) is 26.0 Å². The van der Waals surface area contributed by atoms with E-state index in [1.54, 1.807) is 19.3 Å². The molecule has 16 heavy (non-hydrogen) atoms. The van der Waals surface area contributed by atoms with Gasteiger partial charge in [0.1, 0.15) is 0 Å². The predicted octanol–water partition coefficient (Wildman–Crippen LogP) is 0.937. The largest absolute Gasteiger partial charge is 0.481 e. The highest BCUT2D eigenvalue weighted by Crippen LogP contribution is 2.05. The summed E-state index contributed by atoms with van der Waals surface area (Å²) in [5.41, 5.74) is 1.38. The molecule has 1 aromatic heterocycles. The number of aryl methyl sites for hydroxylation is 1. The van der Waals surface area contributed by atoms with E-state index in [0.29, 0.717) is 5.56 Å². The number of carboxylic acids is 1. The van der Waals surface area contributed by atoms with Gasteiger partial charge in [0.25, 0.3) is 5.91 Å². The smallest absolute Gasteiger partial charge is 0.305 e. The number of carboxylic acid groups (broad SMARTS) is 1. The van der Waals surface area contributed by atoms with Crippen LogP contribution < -0.4 is 0 Å². The second kappa shape index (κ2) is 5.25. The fourth-order valence-corrected chi connectivity index (χ4v) is 1.26. The van der Waals surface area contributed by atoms with Crippen molar-refractivity contribution in [2.45, 2.75) is 13.3 Å². The number of carbonyl (C=O) groups excluding carboxylic acids is 1. The molecule has 0 aliphatic rings. The summed E-state index contributed by atoms with van der Waals surface area (Å²) in [6.45, 7) is 2.04. The number of amides is 1. The van der Waals surface area contributed by atoms with Crippen LogP contribution in [-0.2, 0) is 4.79 Å². The van der Waals surface area contributed by atoms with Gasteiger partial charge in [-0.2, -0.15) is 0 Å². The Bertz CT molecular complexity index is 404. The van der Waals surface area contributed by atoms with Gasteiger partial charge >= 0.3 is 5.97 Å². The number of rotatable bonds is 4. The molecule has 0 atom stereocenters. The maximum Gasteiger partial charge on any atom is 0.305 e. The Labute approximate surface area is 93.7 Å². The maximum absolute atomic E-state index is 11.8. The number of hydrogen-bond acceptors (Lipinski definition) is 3. The standard InChI is InChI=1S/C11H14N2O3/c1-8-5-9(7-12-6-8)11(16)13(2)4-3-10(14)15/h5-7H,3-4H2,1-2H3,(H,14,15). The molecule has 0 aliphatic heterocycles. The summed E-state index contributed by atoms with van der Waals surface area (Å²) in [5.74, 6) is -1.13. The fourth-order valence-electron chi connectivity index (χ4n) is 1.26. The number of aromatic nitrogens is 1. The SMILES string of the molecule is Cc1cncc(C(=O)N(C)CCC(=O)O)c1. The van der Waals surface area contributed by atoms with Gasteiger partial charge in [-0.3, -0.25) is 14.6 Å². The van der Waals surface area contributed by atoms with Crippen LogP contribution in [0.4, 0.5) is 0 Å². The van der Waals surface area contributed by atoms with Crippen LogP contribution in [0.25, 0.3) is 0 Å². The third-order valence-corrected chi connectivity index (χ3v) is 2.13. The molecule has 1 rings (SSSR count). The monoisotopic (exact) mass is 222 g/mol. The normalized spacial score (nSPS) is 9.88. The minimum atomic E-state index is -0.915. The highest BCUT2D eigenvalue weighted by Gasteiger charge is 2.12. The molecule has 1 heterocycles. The van der Waals surface area contributed by atoms with Crippen LogP contribution in [0, 0.1) is 6.92 Å². The van der Waals surface area contributed by atoms with Crippen molar-refractivity contribution in [1.29, 1.82) is 0 Å². The molecule has 0 aromatic carbocycles. The van der Waals surface area contributed by atoms with Crippen LogP contribution in [0.1, 0.15) is 22.3 Å². The van der Waals surface area contributed by atoms with Gasteiger partial charge in [0.15, 0.2) is 0 Å². The summed E-state index contributed by atoms with van der Waals surface area (Å²) in [4.78, 5) is 27.5. The van der Waals surface area contributed by atoms with E-state index in [4.69, 9.17) is 5.11 Å². The van der Waals surface area contributed by atoms with E-state index >= 15 is 0 Å². The Morgan fingerprint density at radius 3 is 2.69 bits per heavy atom. The van der Waals surface area contributed by atoms with Crippen molar-refractivity contribution < 1.29 is 14.7 Å². The molecule has 0 spiro atoms. The number of nitrogens with zero attached hydrogens (tertiary/aromatic N) is 2. The topological polar surface area (TPSA) is 70.5 Å². The van der Waals surface area contributed by atoms with E-state index in [9.17, 15) is 9.59 Å². The number of carbonyl (C=O) groups is 2. The molecule has 1 N–H and O–H groups in total. The summed E-state index contributed by atoms with van der Waals surface area (Å²) >= 11 is 0. The zero-order valence-electron chi connectivity index (χ0n) is 9.30. The van der Waals surface area contributed by atoms with Crippen molar-refractivity contribution in [3.63, 3.8) is 0 Å². The highest BCUT2D eigenvalue weighted by atomic mass is 16.4. The zero-order valence-corrected chi connectivity index (χ0v) is 9.30. The summed E-state index contributed by atoms with van der Waals surface area (Å²) < 4.78 is 0. The van der Waals surface area contributed by atoms with Crippen molar-refractivity contribution in [3.8, 4) is 0 Å². The first-order valence-corrected chi connectivity index (χ1v) is 4.89. The van der Waals surface area contributed by atoms with Crippen LogP contribution in [0.15, 0.2) is 18.5 Å². The number of pyridine rings is 1. The molecular formula is C11H14N2O3. The van der Waals surface area contributed by atoms with Crippen molar-refractivity contribution in [3.05, 3.63) is 29.6 Å². The van der Waals surface area contributed by atoms with Gasteiger partial charge in [-0.15, -0.1) is 0 Å². The summed E-state index contributed by atoms with van der Waals surface area (Å²) in [6, 6.07) is 1.73. The molecule has 1 aromatic rings. The van der Waals surface area contributed by atoms with Crippen LogP contribution in [0.2, 0.25) is 0 Å². The molecule has 0 unspecified atom stereocenters. The summed E-state index contributed by atoms with van der Waals surface area (Å²) in [6.07, 6.45) is 3.09. The Hall–Kier alpha value is -1.91. The molecule has 0 radical (unpaired) electrons. The third-order valence-electron chi connectivity index (χ3n) is 2.13. The van der Waals surface area contributed by atoms with E-state index in [1.807, 2.05) is 6.92 Å². The zero-order chi connectivity index (χ0) is 12.1. The first-order chi connectivity index (χ1) is 7.50. The van der Waals surface area contributed by atoms with Crippen molar-refractivity contribution >= 4 is 11.9 Å². The van der Waals surface area contributed by atoms with Crippen LogP contribution in [0.5, 0.6) is 0 Å². The predicted molar refractivity (Wildman–Crippen MR) is 58.2 cm³/mol.